The number of aromatic nitrogens is 3. The van der Waals surface area contributed by atoms with Gasteiger partial charge in [0.15, 0.2) is 5.78 Å². The van der Waals surface area contributed by atoms with Crippen molar-refractivity contribution in [3.63, 3.8) is 0 Å². The molecule has 0 fully saturated rings. The number of aryl methyl sites for hydroxylation is 2. The van der Waals surface area contributed by atoms with Crippen molar-refractivity contribution in [3.05, 3.63) is 53.1 Å². The molecule has 6 heteroatoms. The Kier molecular flexibility index (Phi) is 5.97. The Labute approximate surface area is 164 Å². The summed E-state index contributed by atoms with van der Waals surface area (Å²) in [6.45, 7) is 8.63. The molecule has 0 bridgehead atoms. The van der Waals surface area contributed by atoms with E-state index < -0.39 is 0 Å². The lowest BCUT2D eigenvalue weighted by Crippen LogP contribution is -2.14. The van der Waals surface area contributed by atoms with Crippen molar-refractivity contribution in [3.8, 4) is 0 Å². The molecule has 2 aromatic heterocycles. The molecule has 5 nitrogen and oxygen atoms in total. The fourth-order valence-corrected chi connectivity index (χ4v) is 4.48. The zero-order valence-corrected chi connectivity index (χ0v) is 17.3. The monoisotopic (exact) mass is 383 g/mol. The molecule has 27 heavy (non-hydrogen) atoms. The average Bonchev–Trinajstić information content (AvgIpc) is 2.94. The molecule has 142 valence electrons. The van der Waals surface area contributed by atoms with E-state index in [0.717, 1.165) is 38.7 Å². The highest BCUT2D eigenvalue weighted by Gasteiger charge is 2.19. The van der Waals surface area contributed by atoms with Crippen LogP contribution in [0.2, 0.25) is 0 Å². The van der Waals surface area contributed by atoms with Gasteiger partial charge in [-0.05, 0) is 39.8 Å². The highest BCUT2D eigenvalue weighted by molar-refractivity contribution is 8.00. The van der Waals surface area contributed by atoms with Gasteiger partial charge in [0.05, 0.1) is 23.9 Å². The van der Waals surface area contributed by atoms with Crippen LogP contribution in [0.1, 0.15) is 40.5 Å². The first-order valence-corrected chi connectivity index (χ1v) is 9.97. The Balaban J connectivity index is 1.82. The largest absolute Gasteiger partial charge is 0.383 e. The molecule has 0 amide bonds. The third kappa shape index (κ3) is 4.06. The molecule has 2 heterocycles. The van der Waals surface area contributed by atoms with Crippen molar-refractivity contribution in [2.45, 2.75) is 38.8 Å². The van der Waals surface area contributed by atoms with Crippen LogP contribution in [-0.4, -0.2) is 39.8 Å². The summed E-state index contributed by atoms with van der Waals surface area (Å²) < 4.78 is 7.44. The number of para-hydroxylation sites is 1. The van der Waals surface area contributed by atoms with Gasteiger partial charge in [0.2, 0.25) is 0 Å². The van der Waals surface area contributed by atoms with Crippen LogP contribution in [0.5, 0.6) is 0 Å². The molecule has 1 atom stereocenters. The fourth-order valence-electron chi connectivity index (χ4n) is 3.53. The average molecular weight is 384 g/mol. The third-order valence-electron chi connectivity index (χ3n) is 4.65. The van der Waals surface area contributed by atoms with E-state index in [4.69, 9.17) is 4.74 Å². The number of Topliss-reactive ketones (excluding diaryl/α,β-unsaturated/α-hetero) is 1. The smallest absolute Gasteiger partial charge is 0.174 e. The van der Waals surface area contributed by atoms with E-state index >= 15 is 0 Å². The van der Waals surface area contributed by atoms with E-state index in [-0.39, 0.29) is 11.8 Å². The number of methoxy groups -OCH3 is 1. The maximum atomic E-state index is 12.9. The molecule has 0 spiro atoms. The van der Waals surface area contributed by atoms with Crippen LogP contribution >= 0.6 is 11.8 Å². The minimum absolute atomic E-state index is 0.115. The summed E-state index contributed by atoms with van der Waals surface area (Å²) in [5.74, 6) is 1.18. The van der Waals surface area contributed by atoms with Crippen molar-refractivity contribution in [2.75, 3.05) is 19.5 Å². The summed E-state index contributed by atoms with van der Waals surface area (Å²) in [5, 5.41) is 1.84. The summed E-state index contributed by atoms with van der Waals surface area (Å²) in [4.78, 5) is 21.9. The standard InChI is InChI=1S/C21H25N3O2S/c1-13-10-18(15(3)24(13)14(2)11-26-5)20(25)12-27-21-17-8-6-7-9-19(17)22-16(4)23-21/h6-10,14H,11-12H2,1-5H3/t14-/m0/s1. The molecule has 0 aliphatic heterocycles. The normalized spacial score (nSPS) is 12.5. The van der Waals surface area contributed by atoms with E-state index in [1.807, 2.05) is 51.1 Å². The van der Waals surface area contributed by atoms with E-state index in [9.17, 15) is 4.79 Å². The minimum atomic E-state index is 0.115. The molecule has 3 rings (SSSR count). The molecule has 0 N–H and O–H groups in total. The number of carbonyl (C=O) groups is 1. The maximum absolute atomic E-state index is 12.9. The third-order valence-corrected chi connectivity index (χ3v) is 5.64. The van der Waals surface area contributed by atoms with Gasteiger partial charge in [0.25, 0.3) is 0 Å². The van der Waals surface area contributed by atoms with Crippen LogP contribution in [0.3, 0.4) is 0 Å². The summed E-state index contributed by atoms with van der Waals surface area (Å²) in [5.41, 5.74) is 3.75. The van der Waals surface area contributed by atoms with Gasteiger partial charge in [-0.1, -0.05) is 30.0 Å². The number of ether oxygens (including phenoxy) is 1. The minimum Gasteiger partial charge on any atom is -0.383 e. The maximum Gasteiger partial charge on any atom is 0.174 e. The summed E-state index contributed by atoms with van der Waals surface area (Å²) in [7, 11) is 1.70. The molecule has 1 aromatic carbocycles. The first-order chi connectivity index (χ1) is 12.9. The Bertz CT molecular complexity index is 981. The molecule has 0 saturated carbocycles. The molecule has 0 aliphatic rings. The van der Waals surface area contributed by atoms with Gasteiger partial charge in [-0.3, -0.25) is 4.79 Å². The molecule has 0 unspecified atom stereocenters. The first-order valence-electron chi connectivity index (χ1n) is 8.99. The quantitative estimate of drug-likeness (QED) is 0.341. The molecule has 3 aromatic rings. The fraction of sp³-hybridized carbons (Fsp3) is 0.381. The number of fused-ring (bicyclic) bond motifs is 1. The zero-order chi connectivity index (χ0) is 19.6. The van der Waals surface area contributed by atoms with Crippen LogP contribution in [0.25, 0.3) is 10.9 Å². The van der Waals surface area contributed by atoms with Crippen LogP contribution in [-0.2, 0) is 4.74 Å². The Morgan fingerprint density at radius 2 is 1.96 bits per heavy atom. The molecule has 0 saturated heterocycles. The number of ketones is 1. The number of hydrogen-bond acceptors (Lipinski definition) is 5. The Morgan fingerprint density at radius 1 is 1.22 bits per heavy atom. The summed E-state index contributed by atoms with van der Waals surface area (Å²) >= 11 is 1.47. The Morgan fingerprint density at radius 3 is 2.70 bits per heavy atom. The van der Waals surface area contributed by atoms with Crippen molar-refractivity contribution in [2.24, 2.45) is 0 Å². The molecular weight excluding hydrogens is 358 g/mol. The number of hydrogen-bond donors (Lipinski definition) is 0. The van der Waals surface area contributed by atoms with Crippen LogP contribution in [0.4, 0.5) is 0 Å². The number of carbonyl (C=O) groups excluding carboxylic acids is 1. The first kappa shape index (κ1) is 19.6. The van der Waals surface area contributed by atoms with Gasteiger partial charge >= 0.3 is 0 Å². The number of thioether (sulfide) groups is 1. The summed E-state index contributed by atoms with van der Waals surface area (Å²) in [6, 6.07) is 10.1. The van der Waals surface area contributed by atoms with Gasteiger partial charge in [0, 0.05) is 29.4 Å². The van der Waals surface area contributed by atoms with Crippen molar-refractivity contribution >= 4 is 28.4 Å². The second kappa shape index (κ2) is 8.23. The lowest BCUT2D eigenvalue weighted by Gasteiger charge is -2.17. The predicted molar refractivity (Wildman–Crippen MR) is 110 cm³/mol. The van der Waals surface area contributed by atoms with Crippen LogP contribution < -0.4 is 0 Å². The van der Waals surface area contributed by atoms with Crippen LogP contribution in [0.15, 0.2) is 35.4 Å². The lowest BCUT2D eigenvalue weighted by atomic mass is 10.2. The highest BCUT2D eigenvalue weighted by atomic mass is 32.2. The SMILES string of the molecule is COC[C@H](C)n1c(C)cc(C(=O)CSc2nc(C)nc3ccccc23)c1C. The van der Waals surface area contributed by atoms with E-state index in [2.05, 4.69) is 21.5 Å². The predicted octanol–water partition coefficient (Wildman–Crippen LogP) is 4.54. The second-order valence-corrected chi connectivity index (χ2v) is 7.73. The zero-order valence-electron chi connectivity index (χ0n) is 16.4. The van der Waals surface area contributed by atoms with E-state index in [0.29, 0.717) is 12.4 Å². The van der Waals surface area contributed by atoms with E-state index in [1.54, 1.807) is 7.11 Å². The van der Waals surface area contributed by atoms with Gasteiger partial charge < -0.3 is 9.30 Å². The van der Waals surface area contributed by atoms with Gasteiger partial charge in [-0.15, -0.1) is 0 Å². The van der Waals surface area contributed by atoms with Crippen LogP contribution in [0, 0.1) is 20.8 Å². The molecular formula is C21H25N3O2S. The number of nitrogens with zero attached hydrogens (tertiary/aromatic N) is 3. The topological polar surface area (TPSA) is 57.0 Å². The molecule has 0 radical (unpaired) electrons. The van der Waals surface area contributed by atoms with Gasteiger partial charge in [-0.25, -0.2) is 9.97 Å². The van der Waals surface area contributed by atoms with Crippen molar-refractivity contribution < 1.29 is 9.53 Å². The summed E-state index contributed by atoms with van der Waals surface area (Å²) in [6.07, 6.45) is 0. The number of benzene rings is 1. The van der Waals surface area contributed by atoms with Crippen molar-refractivity contribution in [1.82, 2.24) is 14.5 Å². The highest BCUT2D eigenvalue weighted by Crippen LogP contribution is 2.27. The Hall–Kier alpha value is -2.18. The lowest BCUT2D eigenvalue weighted by molar-refractivity contribution is 0.102. The molecule has 0 aliphatic carbocycles. The number of rotatable bonds is 7. The van der Waals surface area contributed by atoms with Crippen molar-refractivity contribution in [1.29, 1.82) is 0 Å². The van der Waals surface area contributed by atoms with E-state index in [1.165, 1.54) is 11.8 Å². The second-order valence-electron chi connectivity index (χ2n) is 6.76. The van der Waals surface area contributed by atoms with Gasteiger partial charge in [0.1, 0.15) is 10.9 Å². The van der Waals surface area contributed by atoms with Gasteiger partial charge in [-0.2, -0.15) is 0 Å².